The Morgan fingerprint density at radius 1 is 0.849 bits per heavy atom. The lowest BCUT2D eigenvalue weighted by Gasteiger charge is -2.27. The number of nitrogens with zero attached hydrogens (tertiary/aromatic N) is 3. The summed E-state index contributed by atoms with van der Waals surface area (Å²) in [5.74, 6) is -0.340. The van der Waals surface area contributed by atoms with Crippen molar-refractivity contribution >= 4 is 40.2 Å². The number of ether oxygens (including phenoxy) is 3. The molecule has 13 heteroatoms. The first-order chi connectivity index (χ1) is 25.5. The van der Waals surface area contributed by atoms with Gasteiger partial charge >= 0.3 is 0 Å². The summed E-state index contributed by atoms with van der Waals surface area (Å²) >= 11 is 0. The standard InChI is InChI=1S/C40H44N4O9/c1-42-16-14-27-31(23-43(2)40(50)37(27)42)25-20-34(51-3)29(35(21-25)52-4)8-5-9-36(47)41-15-18-53-17-6-7-24-10-12-28-30(19-24)39(49)44(38(28)48)32-13-11-26(45)22-33(32)46/h10,12,14,16,19-21,23,32H,5-9,11,13,15,17-18,22H2,1-4H3,(H,41,47). The van der Waals surface area contributed by atoms with Crippen LogP contribution in [0.3, 0.4) is 0 Å². The van der Waals surface area contributed by atoms with Crippen LogP contribution in [0.4, 0.5) is 0 Å². The summed E-state index contributed by atoms with van der Waals surface area (Å²) in [6.45, 7) is 1.16. The van der Waals surface area contributed by atoms with Gasteiger partial charge in [0.25, 0.3) is 17.4 Å². The van der Waals surface area contributed by atoms with Crippen LogP contribution in [0.15, 0.2) is 53.6 Å². The number of benzene rings is 2. The fraction of sp³-hybridized carbons (Fsp3) is 0.400. The van der Waals surface area contributed by atoms with E-state index in [0.717, 1.165) is 32.5 Å². The van der Waals surface area contributed by atoms with E-state index < -0.39 is 17.9 Å². The van der Waals surface area contributed by atoms with Crippen molar-refractivity contribution in [2.24, 2.45) is 14.1 Å². The topological polar surface area (TPSA) is 155 Å². The van der Waals surface area contributed by atoms with E-state index in [1.807, 2.05) is 42.2 Å². The summed E-state index contributed by atoms with van der Waals surface area (Å²) in [5, 5.41) is 3.73. The van der Waals surface area contributed by atoms with Gasteiger partial charge in [0, 0.05) is 69.0 Å². The maximum absolute atomic E-state index is 13.1. The smallest absolute Gasteiger partial charge is 0.274 e. The van der Waals surface area contributed by atoms with Crippen LogP contribution in [0.5, 0.6) is 11.5 Å². The molecule has 1 N–H and O–H groups in total. The first-order valence-electron chi connectivity index (χ1n) is 17.8. The molecule has 1 unspecified atom stereocenters. The van der Waals surface area contributed by atoms with Crippen LogP contribution in [0, 0.1) is 0 Å². The second-order valence-electron chi connectivity index (χ2n) is 13.5. The number of carbonyl (C=O) groups excluding carboxylic acids is 5. The maximum Gasteiger partial charge on any atom is 0.274 e. The number of methoxy groups -OCH3 is 2. The van der Waals surface area contributed by atoms with Crippen LogP contribution in [0.1, 0.15) is 70.4 Å². The normalized spacial score (nSPS) is 15.7. The van der Waals surface area contributed by atoms with Crippen LogP contribution in [0.25, 0.3) is 22.0 Å². The molecule has 1 fully saturated rings. The molecule has 0 bridgehead atoms. The van der Waals surface area contributed by atoms with Crippen LogP contribution in [0.2, 0.25) is 0 Å². The van der Waals surface area contributed by atoms with Gasteiger partial charge in [-0.2, -0.15) is 0 Å². The molecule has 6 rings (SSSR count). The summed E-state index contributed by atoms with van der Waals surface area (Å²) in [5.41, 5.74) is 4.56. The zero-order valence-corrected chi connectivity index (χ0v) is 30.5. The second kappa shape index (κ2) is 16.0. The number of Topliss-reactive ketones (excluding diaryl/α,β-unsaturated/α-hetero) is 2. The highest BCUT2D eigenvalue weighted by molar-refractivity contribution is 6.23. The molecular weight excluding hydrogens is 680 g/mol. The molecule has 2 aromatic heterocycles. The number of nitrogens with one attached hydrogen (secondary N) is 1. The van der Waals surface area contributed by atoms with E-state index in [1.54, 1.807) is 44.0 Å². The summed E-state index contributed by atoms with van der Waals surface area (Å²) in [7, 11) is 6.78. The van der Waals surface area contributed by atoms with Crippen molar-refractivity contribution in [3.8, 4) is 22.6 Å². The number of ketones is 2. The third kappa shape index (κ3) is 7.66. The third-order valence-corrected chi connectivity index (χ3v) is 10.0. The van der Waals surface area contributed by atoms with Crippen molar-refractivity contribution in [3.63, 3.8) is 0 Å². The molecule has 4 aromatic rings. The Morgan fingerprint density at radius 3 is 2.30 bits per heavy atom. The van der Waals surface area contributed by atoms with Crippen molar-refractivity contribution in [2.75, 3.05) is 34.0 Å². The van der Waals surface area contributed by atoms with E-state index in [0.29, 0.717) is 68.9 Å². The molecule has 1 atom stereocenters. The number of aromatic nitrogens is 2. The Hall–Kier alpha value is -5.56. The minimum absolute atomic E-state index is 0.0760. The summed E-state index contributed by atoms with van der Waals surface area (Å²) in [6, 6.07) is 10.0. The Kier molecular flexibility index (Phi) is 11.2. The summed E-state index contributed by atoms with van der Waals surface area (Å²) < 4.78 is 20.6. The van der Waals surface area contributed by atoms with Crippen molar-refractivity contribution in [1.29, 1.82) is 0 Å². The molecule has 0 spiro atoms. The van der Waals surface area contributed by atoms with E-state index in [2.05, 4.69) is 5.32 Å². The van der Waals surface area contributed by atoms with Crippen LogP contribution >= 0.6 is 0 Å². The van der Waals surface area contributed by atoms with Gasteiger partial charge in [-0.05, 0) is 73.6 Å². The Morgan fingerprint density at radius 2 is 1.58 bits per heavy atom. The Balaban J connectivity index is 0.935. The molecule has 2 aromatic carbocycles. The van der Waals surface area contributed by atoms with Gasteiger partial charge in [0.15, 0.2) is 5.78 Å². The molecule has 1 aliphatic heterocycles. The lowest BCUT2D eigenvalue weighted by Crippen LogP contribution is -2.47. The third-order valence-electron chi connectivity index (χ3n) is 10.0. The van der Waals surface area contributed by atoms with Gasteiger partial charge in [-0.1, -0.05) is 6.07 Å². The largest absolute Gasteiger partial charge is 0.496 e. The average molecular weight is 725 g/mol. The van der Waals surface area contributed by atoms with E-state index in [1.165, 1.54) is 0 Å². The molecule has 278 valence electrons. The predicted molar refractivity (Wildman–Crippen MR) is 196 cm³/mol. The molecule has 0 saturated heterocycles. The number of rotatable bonds is 15. The highest BCUT2D eigenvalue weighted by atomic mass is 16.5. The van der Waals surface area contributed by atoms with Crippen molar-refractivity contribution in [3.05, 3.63) is 81.4 Å². The number of imide groups is 1. The predicted octanol–water partition coefficient (Wildman–Crippen LogP) is 3.94. The minimum Gasteiger partial charge on any atom is -0.496 e. The summed E-state index contributed by atoms with van der Waals surface area (Å²) in [4.78, 5) is 76.4. The SMILES string of the molecule is COc1cc(-c2cn(C)c(=O)c3c2ccn3C)cc(OC)c1CCCC(=O)NCCOCCCc1ccc2c(c1)C(=O)N(C1CCC(=O)CC1=O)C2=O. The van der Waals surface area contributed by atoms with Gasteiger partial charge in [0.05, 0.1) is 44.4 Å². The fourth-order valence-corrected chi connectivity index (χ4v) is 7.25. The molecule has 2 aliphatic rings. The second-order valence-corrected chi connectivity index (χ2v) is 13.5. The van der Waals surface area contributed by atoms with E-state index in [4.69, 9.17) is 14.2 Å². The van der Waals surface area contributed by atoms with E-state index >= 15 is 0 Å². The molecule has 13 nitrogen and oxygen atoms in total. The number of hydrogen-bond acceptors (Lipinski definition) is 9. The average Bonchev–Trinajstić information content (AvgIpc) is 3.65. The van der Waals surface area contributed by atoms with Gasteiger partial charge in [-0.3, -0.25) is 33.7 Å². The zero-order chi connectivity index (χ0) is 37.8. The van der Waals surface area contributed by atoms with Gasteiger partial charge in [0.1, 0.15) is 22.8 Å². The van der Waals surface area contributed by atoms with Crippen molar-refractivity contribution < 1.29 is 38.2 Å². The fourth-order valence-electron chi connectivity index (χ4n) is 7.25. The monoisotopic (exact) mass is 724 g/mol. The first-order valence-corrected chi connectivity index (χ1v) is 17.8. The number of amides is 3. The van der Waals surface area contributed by atoms with Crippen molar-refractivity contribution in [2.45, 2.75) is 57.4 Å². The molecular formula is C40H44N4O9. The quantitative estimate of drug-likeness (QED) is 0.109. The minimum atomic E-state index is -0.885. The lowest BCUT2D eigenvalue weighted by molar-refractivity contribution is -0.132. The number of hydrogen-bond donors (Lipinski definition) is 1. The van der Waals surface area contributed by atoms with Crippen molar-refractivity contribution in [1.82, 2.24) is 19.4 Å². The number of pyridine rings is 1. The molecule has 1 saturated carbocycles. The number of aryl methyl sites for hydroxylation is 3. The van der Waals surface area contributed by atoms with Gasteiger partial charge in [-0.15, -0.1) is 0 Å². The van der Waals surface area contributed by atoms with Crippen LogP contribution in [-0.4, -0.2) is 83.3 Å². The Labute approximate surface area is 306 Å². The molecule has 0 radical (unpaired) electrons. The number of fused-ring (bicyclic) bond motifs is 2. The molecule has 53 heavy (non-hydrogen) atoms. The number of carbonyl (C=O) groups is 5. The first kappa shape index (κ1) is 37.2. The lowest BCUT2D eigenvalue weighted by atomic mass is 9.92. The van der Waals surface area contributed by atoms with E-state index in [-0.39, 0.29) is 53.4 Å². The van der Waals surface area contributed by atoms with Crippen LogP contribution < -0.4 is 20.3 Å². The molecule has 3 heterocycles. The van der Waals surface area contributed by atoms with Gasteiger partial charge in [0.2, 0.25) is 5.91 Å². The highest BCUT2D eigenvalue weighted by Gasteiger charge is 2.44. The maximum atomic E-state index is 13.1. The van der Waals surface area contributed by atoms with Crippen LogP contribution in [-0.2, 0) is 46.1 Å². The molecule has 3 amide bonds. The van der Waals surface area contributed by atoms with Gasteiger partial charge < -0.3 is 28.7 Å². The molecule has 1 aliphatic carbocycles. The highest BCUT2D eigenvalue weighted by Crippen LogP contribution is 2.38. The van der Waals surface area contributed by atoms with E-state index in [9.17, 15) is 28.8 Å². The zero-order valence-electron chi connectivity index (χ0n) is 30.5. The van der Waals surface area contributed by atoms with Gasteiger partial charge in [-0.25, -0.2) is 0 Å². The Bertz CT molecular complexity index is 2140. The summed E-state index contributed by atoms with van der Waals surface area (Å²) in [6.07, 6.45) is 6.53.